The molecule has 1 aromatic heterocycles. The molecule has 3 heterocycles. The van der Waals surface area contributed by atoms with E-state index in [1.54, 1.807) is 10.9 Å². The van der Waals surface area contributed by atoms with Gasteiger partial charge in [0.15, 0.2) is 0 Å². The van der Waals surface area contributed by atoms with Crippen LogP contribution in [0.15, 0.2) is 67.0 Å². The number of rotatable bonds is 2. The maximum Gasteiger partial charge on any atom is 0.256 e. The van der Waals surface area contributed by atoms with Gasteiger partial charge in [-0.1, -0.05) is 30.3 Å². The van der Waals surface area contributed by atoms with Gasteiger partial charge in [-0.05, 0) is 36.2 Å². The standard InChI is InChI=1S/C21H19N3O2/c25-20(17-7-2-3-8-18(17)24-11-5-10-22-24)23-13-21(14-23)12-16-6-1-4-9-19(16)26-15-21/h1-11H,12-15H2. The largest absolute Gasteiger partial charge is 0.493 e. The van der Waals surface area contributed by atoms with E-state index >= 15 is 0 Å². The number of carbonyl (C=O) groups excluding carboxylic acids is 1. The van der Waals surface area contributed by atoms with E-state index in [9.17, 15) is 4.79 Å². The van der Waals surface area contributed by atoms with Gasteiger partial charge in [0.1, 0.15) is 5.75 Å². The van der Waals surface area contributed by atoms with E-state index in [-0.39, 0.29) is 11.3 Å². The van der Waals surface area contributed by atoms with Crippen molar-refractivity contribution in [3.8, 4) is 11.4 Å². The normalized spacial score (nSPS) is 17.3. The zero-order valence-electron chi connectivity index (χ0n) is 14.3. The van der Waals surface area contributed by atoms with Crippen molar-refractivity contribution in [2.75, 3.05) is 19.7 Å². The molecule has 0 aliphatic carbocycles. The summed E-state index contributed by atoms with van der Waals surface area (Å²) >= 11 is 0. The third kappa shape index (κ3) is 2.39. The molecule has 3 aromatic rings. The summed E-state index contributed by atoms with van der Waals surface area (Å²) in [6.45, 7) is 2.13. The van der Waals surface area contributed by atoms with Crippen LogP contribution in [0.3, 0.4) is 0 Å². The van der Waals surface area contributed by atoms with E-state index in [4.69, 9.17) is 4.74 Å². The highest BCUT2D eigenvalue weighted by molar-refractivity contribution is 5.98. The number of likely N-dealkylation sites (tertiary alicyclic amines) is 1. The maximum absolute atomic E-state index is 13.1. The quantitative estimate of drug-likeness (QED) is 0.717. The molecule has 1 amide bonds. The lowest BCUT2D eigenvalue weighted by molar-refractivity contribution is -0.0290. The van der Waals surface area contributed by atoms with Crippen molar-refractivity contribution in [1.29, 1.82) is 0 Å². The second-order valence-corrected chi connectivity index (χ2v) is 7.20. The number of hydrogen-bond donors (Lipinski definition) is 0. The molecule has 130 valence electrons. The van der Waals surface area contributed by atoms with Crippen LogP contribution in [0.1, 0.15) is 15.9 Å². The van der Waals surface area contributed by atoms with Crippen LogP contribution in [0.2, 0.25) is 0 Å². The fourth-order valence-electron chi connectivity index (χ4n) is 4.02. The smallest absolute Gasteiger partial charge is 0.256 e. The molecule has 2 aliphatic rings. The predicted molar refractivity (Wildman–Crippen MR) is 97.5 cm³/mol. The van der Waals surface area contributed by atoms with E-state index in [0.717, 1.165) is 30.9 Å². The molecule has 26 heavy (non-hydrogen) atoms. The molecule has 1 fully saturated rings. The van der Waals surface area contributed by atoms with Crippen molar-refractivity contribution in [3.05, 3.63) is 78.1 Å². The van der Waals surface area contributed by atoms with Gasteiger partial charge in [-0.25, -0.2) is 4.68 Å². The Morgan fingerprint density at radius 2 is 1.85 bits per heavy atom. The first-order valence-electron chi connectivity index (χ1n) is 8.83. The van der Waals surface area contributed by atoms with Gasteiger partial charge in [-0.3, -0.25) is 4.79 Å². The summed E-state index contributed by atoms with van der Waals surface area (Å²) < 4.78 is 7.68. The van der Waals surface area contributed by atoms with Crippen molar-refractivity contribution in [1.82, 2.24) is 14.7 Å². The highest BCUT2D eigenvalue weighted by Crippen LogP contribution is 2.41. The van der Waals surface area contributed by atoms with Gasteiger partial charge in [-0.2, -0.15) is 5.10 Å². The van der Waals surface area contributed by atoms with Gasteiger partial charge < -0.3 is 9.64 Å². The number of hydrogen-bond acceptors (Lipinski definition) is 3. The van der Waals surface area contributed by atoms with Gasteiger partial charge >= 0.3 is 0 Å². The topological polar surface area (TPSA) is 47.4 Å². The average molecular weight is 345 g/mol. The van der Waals surface area contributed by atoms with Crippen LogP contribution in [0.4, 0.5) is 0 Å². The zero-order valence-corrected chi connectivity index (χ0v) is 14.3. The third-order valence-corrected chi connectivity index (χ3v) is 5.30. The van der Waals surface area contributed by atoms with Crippen molar-refractivity contribution in [2.45, 2.75) is 6.42 Å². The Balaban J connectivity index is 1.36. The highest BCUT2D eigenvalue weighted by Gasteiger charge is 2.48. The summed E-state index contributed by atoms with van der Waals surface area (Å²) in [5.41, 5.74) is 2.78. The van der Waals surface area contributed by atoms with Gasteiger partial charge in [0.25, 0.3) is 5.91 Å². The van der Waals surface area contributed by atoms with E-state index in [2.05, 4.69) is 11.2 Å². The van der Waals surface area contributed by atoms with Crippen molar-refractivity contribution >= 4 is 5.91 Å². The summed E-state index contributed by atoms with van der Waals surface area (Å²) in [7, 11) is 0. The minimum absolute atomic E-state index is 0.0463. The molecule has 0 N–H and O–H groups in total. The molecule has 0 unspecified atom stereocenters. The Labute approximate surface area is 151 Å². The number of amides is 1. The molecule has 0 atom stereocenters. The SMILES string of the molecule is O=C(c1ccccc1-n1cccn1)N1CC2(COc3ccccc3C2)C1. The number of nitrogens with zero attached hydrogens (tertiary/aromatic N) is 3. The molecule has 5 heteroatoms. The summed E-state index contributed by atoms with van der Waals surface area (Å²) in [6.07, 6.45) is 4.54. The second-order valence-electron chi connectivity index (χ2n) is 7.20. The van der Waals surface area contributed by atoms with Crippen LogP contribution in [-0.2, 0) is 6.42 Å². The average Bonchev–Trinajstić information content (AvgIpc) is 3.20. The summed E-state index contributed by atoms with van der Waals surface area (Å²) in [5, 5.41) is 4.27. The fraction of sp³-hybridized carbons (Fsp3) is 0.238. The molecule has 1 spiro atoms. The first-order valence-corrected chi connectivity index (χ1v) is 8.83. The van der Waals surface area contributed by atoms with Crippen LogP contribution in [0, 0.1) is 5.41 Å². The number of carbonyl (C=O) groups is 1. The molecule has 0 bridgehead atoms. The molecular formula is C21H19N3O2. The van der Waals surface area contributed by atoms with Gasteiger partial charge in [0.2, 0.25) is 0 Å². The van der Waals surface area contributed by atoms with Gasteiger partial charge in [0.05, 0.1) is 17.9 Å². The van der Waals surface area contributed by atoms with Crippen molar-refractivity contribution in [2.24, 2.45) is 5.41 Å². The molecule has 0 saturated carbocycles. The molecule has 2 aromatic carbocycles. The monoisotopic (exact) mass is 345 g/mol. The van der Waals surface area contributed by atoms with Gasteiger partial charge in [-0.15, -0.1) is 0 Å². The third-order valence-electron chi connectivity index (χ3n) is 5.30. The molecule has 0 radical (unpaired) electrons. The molecule has 5 nitrogen and oxygen atoms in total. The first kappa shape index (κ1) is 15.2. The lowest BCUT2D eigenvalue weighted by Crippen LogP contribution is -2.62. The Kier molecular flexibility index (Phi) is 3.35. The molecule has 2 aliphatic heterocycles. The fourth-order valence-corrected chi connectivity index (χ4v) is 4.02. The second kappa shape index (κ2) is 5.73. The first-order chi connectivity index (χ1) is 12.7. The maximum atomic E-state index is 13.1. The highest BCUT2D eigenvalue weighted by atomic mass is 16.5. The number of aromatic nitrogens is 2. The Morgan fingerprint density at radius 3 is 2.69 bits per heavy atom. The Morgan fingerprint density at radius 1 is 1.04 bits per heavy atom. The Bertz CT molecular complexity index is 959. The zero-order chi connectivity index (χ0) is 17.6. The van der Waals surface area contributed by atoms with E-state index in [1.165, 1.54) is 5.56 Å². The van der Waals surface area contributed by atoms with Crippen LogP contribution >= 0.6 is 0 Å². The lowest BCUT2D eigenvalue weighted by Gasteiger charge is -2.51. The number of fused-ring (bicyclic) bond motifs is 1. The van der Waals surface area contributed by atoms with Crippen LogP contribution in [0.5, 0.6) is 5.75 Å². The summed E-state index contributed by atoms with van der Waals surface area (Å²) in [6, 6.07) is 17.7. The summed E-state index contributed by atoms with van der Waals surface area (Å²) in [5.74, 6) is 1.03. The molecular weight excluding hydrogens is 326 g/mol. The minimum atomic E-state index is 0.0463. The van der Waals surface area contributed by atoms with Crippen LogP contribution in [-0.4, -0.2) is 40.3 Å². The Hall–Kier alpha value is -3.08. The van der Waals surface area contributed by atoms with Crippen molar-refractivity contribution in [3.63, 3.8) is 0 Å². The van der Waals surface area contributed by atoms with Crippen molar-refractivity contribution < 1.29 is 9.53 Å². The van der Waals surface area contributed by atoms with Gasteiger partial charge in [0, 0.05) is 30.9 Å². The molecule has 1 saturated heterocycles. The van der Waals surface area contributed by atoms with E-state index in [1.807, 2.05) is 59.6 Å². The lowest BCUT2D eigenvalue weighted by atomic mass is 9.73. The predicted octanol–water partition coefficient (Wildman–Crippen LogP) is 2.95. The van der Waals surface area contributed by atoms with E-state index < -0.39 is 0 Å². The number of benzene rings is 2. The summed E-state index contributed by atoms with van der Waals surface area (Å²) in [4.78, 5) is 15.0. The van der Waals surface area contributed by atoms with Crippen LogP contribution < -0.4 is 4.74 Å². The number of para-hydroxylation sites is 2. The molecule has 5 rings (SSSR count). The number of ether oxygens (including phenoxy) is 1. The van der Waals surface area contributed by atoms with Crippen LogP contribution in [0.25, 0.3) is 5.69 Å². The van der Waals surface area contributed by atoms with E-state index in [0.29, 0.717) is 12.2 Å². The minimum Gasteiger partial charge on any atom is -0.493 e.